The molecule has 0 aromatic carbocycles. The van der Waals surface area contributed by atoms with Gasteiger partial charge < -0.3 is 15.4 Å². The van der Waals surface area contributed by atoms with E-state index in [9.17, 15) is 9.59 Å². The minimum Gasteiger partial charge on any atom is -0.468 e. The van der Waals surface area contributed by atoms with Crippen LogP contribution in [0.2, 0.25) is 0 Å². The maximum Gasteiger partial charge on any atom is 0.325 e. The molecule has 0 bridgehead atoms. The van der Waals surface area contributed by atoms with Crippen LogP contribution in [-0.2, 0) is 9.53 Å². The summed E-state index contributed by atoms with van der Waals surface area (Å²) in [6.45, 7) is 3.92. The number of amides is 1. The van der Waals surface area contributed by atoms with Gasteiger partial charge in [-0.3, -0.25) is 9.59 Å². The number of nitrogens with zero attached hydrogens (tertiary/aromatic N) is 1. The molecule has 0 saturated carbocycles. The summed E-state index contributed by atoms with van der Waals surface area (Å²) >= 11 is 1.29. The van der Waals surface area contributed by atoms with Crippen molar-refractivity contribution in [2.45, 2.75) is 19.9 Å². The molecule has 1 rings (SSSR count). The number of rotatable bonds is 4. The van der Waals surface area contributed by atoms with E-state index in [1.807, 2.05) is 13.8 Å². The molecule has 0 atom stereocenters. The summed E-state index contributed by atoms with van der Waals surface area (Å²) in [4.78, 5) is 26.5. The molecule has 0 fully saturated rings. The molecule has 0 aliphatic carbocycles. The van der Waals surface area contributed by atoms with E-state index >= 15 is 0 Å². The summed E-state index contributed by atoms with van der Waals surface area (Å²) in [6.07, 6.45) is 0. The smallest absolute Gasteiger partial charge is 0.325 e. The lowest BCUT2D eigenvalue weighted by molar-refractivity contribution is -0.141. The first-order valence-corrected chi connectivity index (χ1v) is 6.97. The van der Waals surface area contributed by atoms with Crippen molar-refractivity contribution in [2.24, 2.45) is 5.73 Å². The highest BCUT2D eigenvalue weighted by molar-refractivity contribution is 7.14. The van der Waals surface area contributed by atoms with Crippen molar-refractivity contribution in [1.82, 2.24) is 4.90 Å². The number of hydrogen-bond donors (Lipinski definition) is 1. The third-order valence-corrected chi connectivity index (χ3v) is 3.53. The molecule has 108 valence electrons. The molecular formula is C14H18N2O3S. The van der Waals surface area contributed by atoms with E-state index in [-0.39, 0.29) is 25.0 Å². The zero-order valence-corrected chi connectivity index (χ0v) is 12.6. The average Bonchev–Trinajstić information content (AvgIpc) is 2.89. The topological polar surface area (TPSA) is 72.6 Å². The van der Waals surface area contributed by atoms with E-state index in [1.165, 1.54) is 23.3 Å². The van der Waals surface area contributed by atoms with Gasteiger partial charge in [0, 0.05) is 6.04 Å². The molecule has 20 heavy (non-hydrogen) atoms. The predicted octanol–water partition coefficient (Wildman–Crippen LogP) is 1.08. The van der Waals surface area contributed by atoms with Gasteiger partial charge in [-0.2, -0.15) is 0 Å². The van der Waals surface area contributed by atoms with Crippen LogP contribution in [0.1, 0.15) is 28.4 Å². The molecule has 1 aromatic heterocycles. The van der Waals surface area contributed by atoms with Gasteiger partial charge in [0.25, 0.3) is 5.91 Å². The first-order chi connectivity index (χ1) is 9.49. The van der Waals surface area contributed by atoms with Gasteiger partial charge in [0.05, 0.1) is 23.4 Å². The Hall–Kier alpha value is -1.84. The second kappa shape index (κ2) is 7.68. The molecule has 1 heterocycles. The van der Waals surface area contributed by atoms with Crippen LogP contribution in [0.15, 0.2) is 12.1 Å². The first kappa shape index (κ1) is 16.2. The largest absolute Gasteiger partial charge is 0.468 e. The Kier molecular flexibility index (Phi) is 6.22. The molecule has 6 heteroatoms. The Morgan fingerprint density at radius 1 is 1.45 bits per heavy atom. The Balaban J connectivity index is 2.89. The van der Waals surface area contributed by atoms with Gasteiger partial charge >= 0.3 is 5.97 Å². The highest BCUT2D eigenvalue weighted by Crippen LogP contribution is 2.18. The fraction of sp³-hybridized carbons (Fsp3) is 0.429. The summed E-state index contributed by atoms with van der Waals surface area (Å²) in [5.74, 6) is 4.98. The minimum atomic E-state index is -0.438. The second-order valence-electron chi connectivity index (χ2n) is 4.27. The van der Waals surface area contributed by atoms with Crippen LogP contribution >= 0.6 is 11.3 Å². The van der Waals surface area contributed by atoms with E-state index in [1.54, 1.807) is 12.1 Å². The third kappa shape index (κ3) is 4.37. The molecule has 0 spiro atoms. The van der Waals surface area contributed by atoms with Crippen molar-refractivity contribution in [3.05, 3.63) is 21.9 Å². The quantitative estimate of drug-likeness (QED) is 0.666. The number of esters is 1. The Labute approximate surface area is 122 Å². The number of methoxy groups -OCH3 is 1. The summed E-state index contributed by atoms with van der Waals surface area (Å²) in [5, 5.41) is 0. The predicted molar refractivity (Wildman–Crippen MR) is 78.4 cm³/mol. The molecular weight excluding hydrogens is 276 g/mol. The van der Waals surface area contributed by atoms with E-state index in [4.69, 9.17) is 5.73 Å². The molecule has 1 aromatic rings. The number of nitrogens with two attached hydrogens (primary N) is 1. The average molecular weight is 294 g/mol. The molecule has 2 N–H and O–H groups in total. The van der Waals surface area contributed by atoms with Crippen LogP contribution in [0.4, 0.5) is 0 Å². The van der Waals surface area contributed by atoms with E-state index in [0.29, 0.717) is 4.88 Å². The maximum atomic E-state index is 12.4. The third-order valence-electron chi connectivity index (χ3n) is 2.54. The maximum absolute atomic E-state index is 12.4. The molecule has 0 saturated heterocycles. The molecule has 0 aliphatic heterocycles. The van der Waals surface area contributed by atoms with Gasteiger partial charge in [0.2, 0.25) is 0 Å². The molecule has 0 unspecified atom stereocenters. The lowest BCUT2D eigenvalue weighted by Crippen LogP contribution is -2.40. The number of ether oxygens (including phenoxy) is 1. The van der Waals surface area contributed by atoms with Crippen LogP contribution in [0.3, 0.4) is 0 Å². The first-order valence-electron chi connectivity index (χ1n) is 6.16. The fourth-order valence-electron chi connectivity index (χ4n) is 1.49. The number of hydrogen-bond acceptors (Lipinski definition) is 5. The van der Waals surface area contributed by atoms with Crippen LogP contribution < -0.4 is 5.73 Å². The molecule has 1 amide bonds. The molecule has 0 radical (unpaired) electrons. The standard InChI is InChI=1S/C14H18N2O3S/c1-10(2)16(9-13(17)19-3)14(18)12-7-6-11(20-12)5-4-8-15/h6-7,10H,8-9,15H2,1-3H3. The normalized spacial score (nSPS) is 9.85. The lowest BCUT2D eigenvalue weighted by Gasteiger charge is -2.24. The summed E-state index contributed by atoms with van der Waals surface area (Å²) < 4.78 is 4.61. The zero-order valence-electron chi connectivity index (χ0n) is 11.8. The Morgan fingerprint density at radius 2 is 2.15 bits per heavy atom. The lowest BCUT2D eigenvalue weighted by atomic mass is 10.3. The van der Waals surface area contributed by atoms with E-state index < -0.39 is 5.97 Å². The van der Waals surface area contributed by atoms with Gasteiger partial charge in [0.15, 0.2) is 0 Å². The van der Waals surface area contributed by atoms with Crippen LogP contribution in [0, 0.1) is 11.8 Å². The van der Waals surface area contributed by atoms with E-state index in [0.717, 1.165) is 4.88 Å². The van der Waals surface area contributed by atoms with Gasteiger partial charge in [-0.15, -0.1) is 11.3 Å². The van der Waals surface area contributed by atoms with Gasteiger partial charge in [0.1, 0.15) is 6.54 Å². The van der Waals surface area contributed by atoms with Crippen LogP contribution in [-0.4, -0.2) is 43.0 Å². The van der Waals surface area contributed by atoms with Crippen molar-refractivity contribution < 1.29 is 14.3 Å². The van der Waals surface area contributed by atoms with Crippen LogP contribution in [0.5, 0.6) is 0 Å². The summed E-state index contributed by atoms with van der Waals surface area (Å²) in [7, 11) is 1.30. The SMILES string of the molecule is COC(=O)CN(C(=O)c1ccc(C#CCN)s1)C(C)C. The summed E-state index contributed by atoms with van der Waals surface area (Å²) in [5.41, 5.74) is 5.31. The monoisotopic (exact) mass is 294 g/mol. The van der Waals surface area contributed by atoms with Gasteiger partial charge in [-0.05, 0) is 26.0 Å². The fourth-order valence-corrected chi connectivity index (χ4v) is 2.33. The highest BCUT2D eigenvalue weighted by Gasteiger charge is 2.23. The zero-order chi connectivity index (χ0) is 15.1. The van der Waals surface area contributed by atoms with Gasteiger partial charge in [-0.25, -0.2) is 0 Å². The Bertz CT molecular complexity index is 540. The number of carbonyl (C=O) groups is 2. The van der Waals surface area contributed by atoms with Crippen molar-refractivity contribution in [1.29, 1.82) is 0 Å². The van der Waals surface area contributed by atoms with Gasteiger partial charge in [-0.1, -0.05) is 11.8 Å². The second-order valence-corrected chi connectivity index (χ2v) is 5.36. The highest BCUT2D eigenvalue weighted by atomic mass is 32.1. The van der Waals surface area contributed by atoms with E-state index in [2.05, 4.69) is 16.6 Å². The van der Waals surface area contributed by atoms with Crippen molar-refractivity contribution in [3.8, 4) is 11.8 Å². The number of carbonyl (C=O) groups excluding carboxylic acids is 2. The van der Waals surface area contributed by atoms with Crippen LogP contribution in [0.25, 0.3) is 0 Å². The van der Waals surface area contributed by atoms with Crippen molar-refractivity contribution in [3.63, 3.8) is 0 Å². The summed E-state index contributed by atoms with van der Waals surface area (Å²) in [6, 6.07) is 3.39. The molecule has 0 aliphatic rings. The minimum absolute atomic E-state index is 0.0608. The van der Waals surface area contributed by atoms with Crippen molar-refractivity contribution >= 4 is 23.2 Å². The molecule has 5 nitrogen and oxygen atoms in total. The Morgan fingerprint density at radius 3 is 2.70 bits per heavy atom. The number of thiophene rings is 1. The van der Waals surface area contributed by atoms with Crippen molar-refractivity contribution in [2.75, 3.05) is 20.2 Å².